The molecule has 0 aromatic carbocycles. The molecule has 0 fully saturated rings. The molecule has 0 spiro atoms. The number of carboxylic acids is 1. The number of hydrogen-bond acceptors (Lipinski definition) is 4. The van der Waals surface area contributed by atoms with Crippen molar-refractivity contribution < 1.29 is 14.6 Å². The summed E-state index contributed by atoms with van der Waals surface area (Å²) in [6.45, 7) is 2.42. The summed E-state index contributed by atoms with van der Waals surface area (Å²) in [4.78, 5) is 10.9. The van der Waals surface area contributed by atoms with Crippen molar-refractivity contribution in [2.75, 3.05) is 32.3 Å². The molecular formula is C9H19NO3S. The fraction of sp³-hybridized carbons (Fsp3) is 0.889. The van der Waals surface area contributed by atoms with E-state index in [2.05, 4.69) is 5.32 Å². The topological polar surface area (TPSA) is 58.6 Å². The Balaban J connectivity index is 3.68. The number of hydrogen-bond donors (Lipinski definition) is 2. The van der Waals surface area contributed by atoms with E-state index in [1.54, 1.807) is 32.8 Å². The van der Waals surface area contributed by atoms with Crippen LogP contribution in [0.1, 0.15) is 13.3 Å². The van der Waals surface area contributed by atoms with Gasteiger partial charge in [-0.15, -0.1) is 0 Å². The number of rotatable bonds is 8. The third-order valence-electron chi connectivity index (χ3n) is 2.20. The van der Waals surface area contributed by atoms with E-state index in [-0.39, 0.29) is 0 Å². The Morgan fingerprint density at radius 2 is 2.21 bits per heavy atom. The van der Waals surface area contributed by atoms with E-state index >= 15 is 0 Å². The average molecular weight is 221 g/mol. The molecule has 0 amide bonds. The zero-order chi connectivity index (χ0) is 11.0. The smallest absolute Gasteiger partial charge is 0.323 e. The minimum Gasteiger partial charge on any atom is -0.480 e. The Kier molecular flexibility index (Phi) is 6.96. The molecule has 0 aliphatic rings. The molecule has 0 saturated carbocycles. The molecule has 0 radical (unpaired) electrons. The van der Waals surface area contributed by atoms with E-state index in [9.17, 15) is 4.79 Å². The maximum Gasteiger partial charge on any atom is 0.323 e. The molecule has 4 nitrogen and oxygen atoms in total. The lowest BCUT2D eigenvalue weighted by molar-refractivity contribution is -0.144. The summed E-state index contributed by atoms with van der Waals surface area (Å²) in [5.74, 6) is 0.940. The lowest BCUT2D eigenvalue weighted by Crippen LogP contribution is -2.47. The van der Waals surface area contributed by atoms with Crippen molar-refractivity contribution in [3.05, 3.63) is 0 Å². The molecule has 0 saturated heterocycles. The van der Waals surface area contributed by atoms with Crippen LogP contribution in [0.25, 0.3) is 0 Å². The lowest BCUT2D eigenvalue weighted by atomic mass is 10.00. The number of ether oxygens (including phenoxy) is 1. The van der Waals surface area contributed by atoms with Gasteiger partial charge >= 0.3 is 5.97 Å². The summed E-state index contributed by atoms with van der Waals surface area (Å²) in [6, 6.07) is 0. The zero-order valence-corrected chi connectivity index (χ0v) is 9.82. The van der Waals surface area contributed by atoms with Gasteiger partial charge in [0.05, 0.1) is 6.61 Å². The van der Waals surface area contributed by atoms with E-state index in [1.165, 1.54) is 0 Å². The number of likely N-dealkylation sites (N-methyl/N-ethyl adjacent to an activating group) is 1. The first kappa shape index (κ1) is 13.7. The average Bonchev–Trinajstić information content (AvgIpc) is 2.17. The van der Waals surface area contributed by atoms with Gasteiger partial charge in [-0.05, 0) is 26.1 Å². The molecule has 84 valence electrons. The van der Waals surface area contributed by atoms with Gasteiger partial charge in [0.25, 0.3) is 0 Å². The van der Waals surface area contributed by atoms with Crippen LogP contribution in [0.2, 0.25) is 0 Å². The standard InChI is InChI=1S/C9H19NO3S/c1-9(10-2,8(11)12)4-6-14-7-5-13-3/h10H,4-7H2,1-3H3,(H,11,12). The number of carbonyl (C=O) groups is 1. The highest BCUT2D eigenvalue weighted by Crippen LogP contribution is 2.14. The molecule has 0 aromatic rings. The molecule has 0 aliphatic carbocycles. The van der Waals surface area contributed by atoms with Crippen molar-refractivity contribution in [2.24, 2.45) is 0 Å². The molecule has 0 rings (SSSR count). The molecule has 5 heteroatoms. The quantitative estimate of drug-likeness (QED) is 0.594. The molecule has 0 bridgehead atoms. The first-order chi connectivity index (χ1) is 6.56. The molecule has 1 atom stereocenters. The second kappa shape index (κ2) is 7.09. The predicted molar refractivity (Wildman–Crippen MR) is 58.9 cm³/mol. The Bertz CT molecular complexity index is 177. The van der Waals surface area contributed by atoms with Gasteiger partial charge in [-0.3, -0.25) is 4.79 Å². The van der Waals surface area contributed by atoms with Gasteiger partial charge < -0.3 is 15.2 Å². The van der Waals surface area contributed by atoms with Crippen LogP contribution in [-0.4, -0.2) is 48.9 Å². The van der Waals surface area contributed by atoms with Crippen LogP contribution >= 0.6 is 11.8 Å². The Labute approximate surface area is 89.4 Å². The maximum atomic E-state index is 10.9. The SMILES string of the molecule is CNC(C)(CCSCCOC)C(=O)O. The summed E-state index contributed by atoms with van der Waals surface area (Å²) < 4.78 is 4.90. The predicted octanol–water partition coefficient (Wildman–Crippen LogP) is 0.819. The summed E-state index contributed by atoms with van der Waals surface area (Å²) in [5.41, 5.74) is -0.805. The summed E-state index contributed by atoms with van der Waals surface area (Å²) >= 11 is 1.71. The summed E-state index contributed by atoms with van der Waals surface area (Å²) in [6.07, 6.45) is 0.618. The number of carboxylic acid groups (broad SMARTS) is 1. The normalized spacial score (nSPS) is 15.1. The number of aliphatic carboxylic acids is 1. The zero-order valence-electron chi connectivity index (χ0n) is 9.00. The van der Waals surface area contributed by atoms with E-state index < -0.39 is 11.5 Å². The van der Waals surface area contributed by atoms with Crippen LogP contribution in [-0.2, 0) is 9.53 Å². The van der Waals surface area contributed by atoms with Crippen LogP contribution in [0.4, 0.5) is 0 Å². The van der Waals surface area contributed by atoms with Crippen LogP contribution in [0.15, 0.2) is 0 Å². The van der Waals surface area contributed by atoms with E-state index in [1.807, 2.05) is 0 Å². The fourth-order valence-corrected chi connectivity index (χ4v) is 1.90. The Hall–Kier alpha value is -0.260. The van der Waals surface area contributed by atoms with E-state index in [4.69, 9.17) is 9.84 Å². The lowest BCUT2D eigenvalue weighted by Gasteiger charge is -2.23. The second-order valence-electron chi connectivity index (χ2n) is 3.24. The molecule has 2 N–H and O–H groups in total. The molecule has 14 heavy (non-hydrogen) atoms. The third-order valence-corrected chi connectivity index (χ3v) is 3.15. The monoisotopic (exact) mass is 221 g/mol. The van der Waals surface area contributed by atoms with Crippen molar-refractivity contribution in [3.8, 4) is 0 Å². The van der Waals surface area contributed by atoms with E-state index in [0.717, 1.165) is 11.5 Å². The summed E-state index contributed by atoms with van der Waals surface area (Å²) in [7, 11) is 3.34. The number of methoxy groups -OCH3 is 1. The van der Waals surface area contributed by atoms with Crippen molar-refractivity contribution in [2.45, 2.75) is 18.9 Å². The molecule has 0 aromatic heterocycles. The van der Waals surface area contributed by atoms with Gasteiger partial charge in [0.2, 0.25) is 0 Å². The van der Waals surface area contributed by atoms with Gasteiger partial charge in [-0.25, -0.2) is 0 Å². The van der Waals surface area contributed by atoms with Crippen LogP contribution in [0.5, 0.6) is 0 Å². The van der Waals surface area contributed by atoms with Gasteiger partial charge in [0.15, 0.2) is 0 Å². The van der Waals surface area contributed by atoms with Crippen LogP contribution in [0.3, 0.4) is 0 Å². The minimum absolute atomic E-state index is 0.618. The fourth-order valence-electron chi connectivity index (χ4n) is 0.859. The van der Waals surface area contributed by atoms with Gasteiger partial charge in [-0.2, -0.15) is 11.8 Å². The van der Waals surface area contributed by atoms with Crippen LogP contribution in [0, 0.1) is 0 Å². The van der Waals surface area contributed by atoms with Crippen molar-refractivity contribution in [3.63, 3.8) is 0 Å². The van der Waals surface area contributed by atoms with Gasteiger partial charge in [0, 0.05) is 12.9 Å². The van der Waals surface area contributed by atoms with Crippen LogP contribution < -0.4 is 5.32 Å². The first-order valence-corrected chi connectivity index (χ1v) is 5.71. The van der Waals surface area contributed by atoms with Gasteiger partial charge in [-0.1, -0.05) is 0 Å². The molecular weight excluding hydrogens is 202 g/mol. The third kappa shape index (κ3) is 4.83. The molecule has 0 aliphatic heterocycles. The van der Waals surface area contributed by atoms with Gasteiger partial charge in [0.1, 0.15) is 5.54 Å². The summed E-state index contributed by atoms with van der Waals surface area (Å²) in [5, 5.41) is 11.8. The number of thioether (sulfide) groups is 1. The molecule has 1 unspecified atom stereocenters. The highest BCUT2D eigenvalue weighted by atomic mass is 32.2. The van der Waals surface area contributed by atoms with Crippen molar-refractivity contribution in [1.82, 2.24) is 5.32 Å². The first-order valence-electron chi connectivity index (χ1n) is 4.56. The number of nitrogens with one attached hydrogen (secondary N) is 1. The highest BCUT2D eigenvalue weighted by Gasteiger charge is 2.30. The van der Waals surface area contributed by atoms with E-state index in [0.29, 0.717) is 13.0 Å². The minimum atomic E-state index is -0.805. The van der Waals surface area contributed by atoms with Crippen molar-refractivity contribution in [1.29, 1.82) is 0 Å². The Morgan fingerprint density at radius 1 is 1.57 bits per heavy atom. The maximum absolute atomic E-state index is 10.9. The largest absolute Gasteiger partial charge is 0.480 e. The highest BCUT2D eigenvalue weighted by molar-refractivity contribution is 7.99. The second-order valence-corrected chi connectivity index (χ2v) is 4.47. The Morgan fingerprint density at radius 3 is 2.64 bits per heavy atom. The molecule has 0 heterocycles. The van der Waals surface area contributed by atoms with Crippen molar-refractivity contribution >= 4 is 17.7 Å².